The SMILES string of the molecule is CCCCc1ccc(C(=O)OC(C)CCC=Nc2ccc(C(C)C)cc2)cc1. The molecule has 0 fully saturated rings. The normalized spacial score (nSPS) is 12.5. The average Bonchev–Trinajstić information content (AvgIpc) is 2.70. The van der Waals surface area contributed by atoms with Crippen molar-refractivity contribution in [2.24, 2.45) is 4.99 Å². The van der Waals surface area contributed by atoms with E-state index in [0.29, 0.717) is 11.5 Å². The summed E-state index contributed by atoms with van der Waals surface area (Å²) in [7, 11) is 0. The monoisotopic (exact) mass is 379 g/mol. The molecular formula is C25H33NO2. The molecule has 0 aliphatic rings. The topological polar surface area (TPSA) is 38.7 Å². The van der Waals surface area contributed by atoms with Crippen LogP contribution in [0.1, 0.15) is 80.8 Å². The highest BCUT2D eigenvalue weighted by Gasteiger charge is 2.11. The van der Waals surface area contributed by atoms with Gasteiger partial charge >= 0.3 is 5.97 Å². The number of hydrogen-bond donors (Lipinski definition) is 0. The minimum absolute atomic E-state index is 0.137. The van der Waals surface area contributed by atoms with Gasteiger partial charge in [0.05, 0.1) is 17.4 Å². The van der Waals surface area contributed by atoms with Crippen molar-refractivity contribution in [2.75, 3.05) is 0 Å². The Hall–Kier alpha value is -2.42. The molecule has 0 amide bonds. The fourth-order valence-electron chi connectivity index (χ4n) is 2.92. The van der Waals surface area contributed by atoms with E-state index < -0.39 is 0 Å². The number of aliphatic imine (C=N–C) groups is 1. The van der Waals surface area contributed by atoms with Crippen LogP contribution in [0.3, 0.4) is 0 Å². The lowest BCUT2D eigenvalue weighted by molar-refractivity contribution is 0.0329. The van der Waals surface area contributed by atoms with Crippen LogP contribution >= 0.6 is 0 Å². The molecule has 0 spiro atoms. The lowest BCUT2D eigenvalue weighted by Crippen LogP contribution is -2.15. The number of nitrogens with zero attached hydrogens (tertiary/aromatic N) is 1. The van der Waals surface area contributed by atoms with Crippen molar-refractivity contribution in [3.05, 3.63) is 65.2 Å². The van der Waals surface area contributed by atoms with Gasteiger partial charge in [-0.3, -0.25) is 4.99 Å². The van der Waals surface area contributed by atoms with Gasteiger partial charge in [0.15, 0.2) is 0 Å². The second-order valence-electron chi connectivity index (χ2n) is 7.65. The number of aryl methyl sites for hydroxylation is 1. The Morgan fingerprint density at radius 2 is 1.71 bits per heavy atom. The molecule has 0 N–H and O–H groups in total. The molecule has 150 valence electrons. The average molecular weight is 380 g/mol. The molecule has 0 bridgehead atoms. The number of esters is 1. The first-order chi connectivity index (χ1) is 13.5. The van der Waals surface area contributed by atoms with Crippen LogP contribution in [0.15, 0.2) is 53.5 Å². The van der Waals surface area contributed by atoms with Gasteiger partial charge < -0.3 is 4.74 Å². The first-order valence-corrected chi connectivity index (χ1v) is 10.4. The van der Waals surface area contributed by atoms with Gasteiger partial charge in [-0.2, -0.15) is 0 Å². The highest BCUT2D eigenvalue weighted by molar-refractivity contribution is 5.89. The van der Waals surface area contributed by atoms with Crippen LogP contribution in [0.25, 0.3) is 0 Å². The molecule has 0 aliphatic carbocycles. The maximum absolute atomic E-state index is 12.3. The maximum Gasteiger partial charge on any atom is 0.338 e. The van der Waals surface area contributed by atoms with E-state index in [1.54, 1.807) is 0 Å². The smallest absolute Gasteiger partial charge is 0.338 e. The first kappa shape index (κ1) is 21.9. The molecule has 0 radical (unpaired) electrons. The molecule has 2 aromatic rings. The lowest BCUT2D eigenvalue weighted by atomic mass is 10.0. The second-order valence-corrected chi connectivity index (χ2v) is 7.65. The third-order valence-corrected chi connectivity index (χ3v) is 4.82. The van der Waals surface area contributed by atoms with Crippen LogP contribution in [-0.4, -0.2) is 18.3 Å². The Balaban J connectivity index is 1.75. The number of carbonyl (C=O) groups excluding carboxylic acids is 1. The number of ether oxygens (including phenoxy) is 1. The Labute approximate surface area is 169 Å². The van der Waals surface area contributed by atoms with Gasteiger partial charge in [-0.15, -0.1) is 0 Å². The zero-order chi connectivity index (χ0) is 20.4. The van der Waals surface area contributed by atoms with E-state index in [9.17, 15) is 4.79 Å². The standard InChI is InChI=1S/C25H33NO2/c1-5-6-9-21-10-12-23(13-11-21)25(27)28-20(4)8-7-18-26-24-16-14-22(15-17-24)19(2)3/h10-20H,5-9H2,1-4H3. The maximum atomic E-state index is 12.3. The van der Waals surface area contributed by atoms with Crippen molar-refractivity contribution < 1.29 is 9.53 Å². The van der Waals surface area contributed by atoms with E-state index in [1.807, 2.05) is 49.5 Å². The van der Waals surface area contributed by atoms with Crippen LogP contribution in [0, 0.1) is 0 Å². The number of carbonyl (C=O) groups is 1. The summed E-state index contributed by atoms with van der Waals surface area (Å²) in [6.45, 7) is 8.47. The highest BCUT2D eigenvalue weighted by atomic mass is 16.5. The fraction of sp³-hybridized carbons (Fsp3) is 0.440. The van der Waals surface area contributed by atoms with Gasteiger partial charge in [0, 0.05) is 6.21 Å². The molecule has 28 heavy (non-hydrogen) atoms. The van der Waals surface area contributed by atoms with E-state index in [0.717, 1.165) is 24.9 Å². The van der Waals surface area contributed by atoms with Crippen molar-refractivity contribution in [2.45, 2.75) is 71.8 Å². The molecule has 0 aromatic heterocycles. The molecule has 0 saturated carbocycles. The predicted molar refractivity (Wildman–Crippen MR) is 118 cm³/mol. The molecule has 1 atom stereocenters. The van der Waals surface area contributed by atoms with Crippen molar-refractivity contribution in [1.82, 2.24) is 0 Å². The summed E-state index contributed by atoms with van der Waals surface area (Å²) in [4.78, 5) is 16.8. The number of unbranched alkanes of at least 4 members (excludes halogenated alkanes) is 1. The highest BCUT2D eigenvalue weighted by Crippen LogP contribution is 2.19. The second kappa shape index (κ2) is 11.4. The lowest BCUT2D eigenvalue weighted by Gasteiger charge is -2.12. The van der Waals surface area contributed by atoms with E-state index in [2.05, 4.69) is 37.9 Å². The Morgan fingerprint density at radius 1 is 1.04 bits per heavy atom. The molecule has 0 heterocycles. The van der Waals surface area contributed by atoms with Crippen LogP contribution in [0.2, 0.25) is 0 Å². The fourth-order valence-corrected chi connectivity index (χ4v) is 2.92. The molecule has 0 saturated heterocycles. The Bertz CT molecular complexity index is 745. The summed E-state index contributed by atoms with van der Waals surface area (Å²) in [6, 6.07) is 16.1. The third-order valence-electron chi connectivity index (χ3n) is 4.82. The summed E-state index contributed by atoms with van der Waals surface area (Å²) in [6.07, 6.45) is 6.70. The van der Waals surface area contributed by atoms with Gasteiger partial charge in [0.1, 0.15) is 0 Å². The predicted octanol–water partition coefficient (Wildman–Crippen LogP) is 6.88. The summed E-state index contributed by atoms with van der Waals surface area (Å²) in [5.74, 6) is 0.275. The molecule has 1 unspecified atom stereocenters. The van der Waals surface area contributed by atoms with Crippen molar-refractivity contribution in [3.63, 3.8) is 0 Å². The van der Waals surface area contributed by atoms with Gasteiger partial charge in [0.25, 0.3) is 0 Å². The van der Waals surface area contributed by atoms with Crippen LogP contribution in [-0.2, 0) is 11.2 Å². The van der Waals surface area contributed by atoms with Crippen LogP contribution in [0.5, 0.6) is 0 Å². The van der Waals surface area contributed by atoms with Crippen molar-refractivity contribution >= 4 is 17.9 Å². The largest absolute Gasteiger partial charge is 0.459 e. The van der Waals surface area contributed by atoms with Crippen LogP contribution < -0.4 is 0 Å². The minimum atomic E-state index is -0.254. The van der Waals surface area contributed by atoms with Gasteiger partial charge in [0.2, 0.25) is 0 Å². The van der Waals surface area contributed by atoms with E-state index in [4.69, 9.17) is 4.74 Å². The van der Waals surface area contributed by atoms with E-state index in [-0.39, 0.29) is 12.1 Å². The summed E-state index contributed by atoms with van der Waals surface area (Å²) in [5.41, 5.74) is 4.16. The van der Waals surface area contributed by atoms with Gasteiger partial charge in [-0.05, 0) is 73.9 Å². The molecule has 2 aromatic carbocycles. The molecule has 0 aliphatic heterocycles. The summed E-state index contributed by atoms with van der Waals surface area (Å²) in [5, 5.41) is 0. The molecule has 3 heteroatoms. The van der Waals surface area contributed by atoms with E-state index >= 15 is 0 Å². The first-order valence-electron chi connectivity index (χ1n) is 10.4. The van der Waals surface area contributed by atoms with Gasteiger partial charge in [-0.1, -0.05) is 51.5 Å². The number of benzene rings is 2. The summed E-state index contributed by atoms with van der Waals surface area (Å²) < 4.78 is 5.55. The van der Waals surface area contributed by atoms with Crippen molar-refractivity contribution in [1.29, 1.82) is 0 Å². The minimum Gasteiger partial charge on any atom is -0.459 e. The molecule has 3 nitrogen and oxygen atoms in total. The number of hydrogen-bond acceptors (Lipinski definition) is 3. The summed E-state index contributed by atoms with van der Waals surface area (Å²) >= 11 is 0. The molecule has 2 rings (SSSR count). The third kappa shape index (κ3) is 7.30. The zero-order valence-corrected chi connectivity index (χ0v) is 17.7. The molecular weight excluding hydrogens is 346 g/mol. The number of rotatable bonds is 10. The Kier molecular flexibility index (Phi) is 8.93. The zero-order valence-electron chi connectivity index (χ0n) is 17.7. The van der Waals surface area contributed by atoms with Crippen LogP contribution in [0.4, 0.5) is 5.69 Å². The van der Waals surface area contributed by atoms with Crippen molar-refractivity contribution in [3.8, 4) is 0 Å². The quantitative estimate of drug-likeness (QED) is 0.333. The van der Waals surface area contributed by atoms with E-state index in [1.165, 1.54) is 24.0 Å². The Morgan fingerprint density at radius 3 is 2.32 bits per heavy atom. The van der Waals surface area contributed by atoms with Gasteiger partial charge in [-0.25, -0.2) is 4.79 Å².